The van der Waals surface area contributed by atoms with Crippen LogP contribution in [0.15, 0.2) is 53.1 Å². The van der Waals surface area contributed by atoms with Crippen molar-refractivity contribution in [1.29, 1.82) is 5.26 Å². The van der Waals surface area contributed by atoms with E-state index < -0.39 is 20.7 Å². The number of nitrogens with zero attached hydrogens (tertiary/aromatic N) is 3. The summed E-state index contributed by atoms with van der Waals surface area (Å²) in [7, 11) is 0. The Balaban J connectivity index is 2.21. The first-order chi connectivity index (χ1) is 11.1. The van der Waals surface area contributed by atoms with Crippen molar-refractivity contribution in [3.63, 3.8) is 0 Å². The number of nitro benzene ring substituents is 1. The zero-order chi connectivity index (χ0) is 16.4. The molecule has 0 N–H and O–H groups in total. The second kappa shape index (κ2) is 6.49. The van der Waals surface area contributed by atoms with E-state index >= 15 is 0 Å². The third kappa shape index (κ3) is 3.26. The van der Waals surface area contributed by atoms with Gasteiger partial charge in [-0.3, -0.25) is 0 Å². The Labute approximate surface area is 146 Å². The molecule has 3 aromatic rings. The quantitative estimate of drug-likeness (QED) is 0.363. The van der Waals surface area contributed by atoms with Crippen LogP contribution in [0.25, 0.3) is 10.9 Å². The molecule has 0 aliphatic rings. The van der Waals surface area contributed by atoms with Crippen LogP contribution in [-0.2, 0) is 0 Å². The molecule has 0 bridgehead atoms. The number of hydrogen-bond donors (Lipinski definition) is 0. The molecule has 3 rings (SSSR count). The number of nitriles is 1. The number of nitro groups is 1. The van der Waals surface area contributed by atoms with Gasteiger partial charge in [-0.05, 0) is 0 Å². The summed E-state index contributed by atoms with van der Waals surface area (Å²) < 4.78 is 2.98. The molecule has 1 atom stereocenters. The van der Waals surface area contributed by atoms with E-state index in [-0.39, 0.29) is 5.69 Å². The third-order valence-corrected chi connectivity index (χ3v) is 6.68. The SMILES string of the molecule is N#Cc1cnc2ccc([N+](=O)[O-])cc2c1[AsH]c1cccc(Br)c1. The maximum atomic E-state index is 11.0. The van der Waals surface area contributed by atoms with Gasteiger partial charge in [0.05, 0.1) is 0 Å². The Morgan fingerprint density at radius 2 is 2.09 bits per heavy atom. The molecule has 1 heterocycles. The second-order valence-corrected chi connectivity index (χ2v) is 8.45. The number of fused-ring (bicyclic) bond motifs is 1. The Hall–Kier alpha value is -2.22. The van der Waals surface area contributed by atoms with Gasteiger partial charge in [-0.2, -0.15) is 0 Å². The summed E-state index contributed by atoms with van der Waals surface area (Å²) in [6.45, 7) is 0. The van der Waals surface area contributed by atoms with Gasteiger partial charge in [-0.25, -0.2) is 0 Å². The van der Waals surface area contributed by atoms with Gasteiger partial charge in [0.15, 0.2) is 0 Å². The number of halogens is 1. The van der Waals surface area contributed by atoms with Crippen molar-refractivity contribution in [2.75, 3.05) is 0 Å². The monoisotopic (exact) mass is 429 g/mol. The zero-order valence-electron chi connectivity index (χ0n) is 11.7. The van der Waals surface area contributed by atoms with E-state index in [1.54, 1.807) is 12.3 Å². The van der Waals surface area contributed by atoms with Gasteiger partial charge >= 0.3 is 147 Å². The van der Waals surface area contributed by atoms with Crippen LogP contribution in [0, 0.1) is 21.4 Å². The van der Waals surface area contributed by atoms with Crippen LogP contribution < -0.4 is 8.70 Å². The normalized spacial score (nSPS) is 11.0. The molecule has 0 spiro atoms. The van der Waals surface area contributed by atoms with E-state index in [1.807, 2.05) is 24.3 Å². The van der Waals surface area contributed by atoms with Crippen LogP contribution >= 0.6 is 15.9 Å². The predicted octanol–water partition coefficient (Wildman–Crippen LogP) is 2.16. The van der Waals surface area contributed by atoms with Crippen molar-refractivity contribution >= 4 is 57.0 Å². The zero-order valence-corrected chi connectivity index (χ0v) is 15.3. The van der Waals surface area contributed by atoms with Gasteiger partial charge in [0.2, 0.25) is 0 Å². The summed E-state index contributed by atoms with van der Waals surface area (Å²) in [5.41, 5.74) is 1.16. The number of rotatable bonds is 3. The van der Waals surface area contributed by atoms with Gasteiger partial charge in [-0.15, -0.1) is 0 Å². The van der Waals surface area contributed by atoms with Crippen LogP contribution in [0.5, 0.6) is 0 Å². The predicted molar refractivity (Wildman–Crippen MR) is 93.7 cm³/mol. The molecule has 0 saturated carbocycles. The Morgan fingerprint density at radius 3 is 2.78 bits per heavy atom. The van der Waals surface area contributed by atoms with Crippen LogP contribution in [0.1, 0.15) is 5.56 Å². The van der Waals surface area contributed by atoms with Gasteiger partial charge in [0.25, 0.3) is 0 Å². The van der Waals surface area contributed by atoms with Crippen molar-refractivity contribution < 1.29 is 4.92 Å². The van der Waals surface area contributed by atoms with Crippen molar-refractivity contribution in [3.05, 3.63) is 68.8 Å². The Bertz CT molecular complexity index is 969. The fourth-order valence-electron chi connectivity index (χ4n) is 2.22. The molecule has 7 heteroatoms. The number of aromatic nitrogens is 1. The molecule has 5 nitrogen and oxygen atoms in total. The van der Waals surface area contributed by atoms with E-state index in [4.69, 9.17) is 0 Å². The van der Waals surface area contributed by atoms with E-state index in [0.717, 1.165) is 13.2 Å². The van der Waals surface area contributed by atoms with Gasteiger partial charge in [-0.1, -0.05) is 0 Å². The average Bonchev–Trinajstić information content (AvgIpc) is 2.54. The van der Waals surface area contributed by atoms with Crippen molar-refractivity contribution in [1.82, 2.24) is 4.98 Å². The summed E-state index contributed by atoms with van der Waals surface area (Å²) in [4.78, 5) is 14.8. The number of benzene rings is 2. The minimum atomic E-state index is -0.825. The molecule has 2 aromatic carbocycles. The molecule has 0 aliphatic heterocycles. The molecule has 0 saturated heterocycles. The van der Waals surface area contributed by atoms with Crippen LogP contribution in [0.4, 0.5) is 5.69 Å². The van der Waals surface area contributed by atoms with E-state index in [2.05, 4.69) is 27.0 Å². The van der Waals surface area contributed by atoms with E-state index in [9.17, 15) is 15.4 Å². The average molecular weight is 430 g/mol. The molecule has 1 unspecified atom stereocenters. The van der Waals surface area contributed by atoms with Gasteiger partial charge in [0, 0.05) is 0 Å². The molecule has 23 heavy (non-hydrogen) atoms. The molecule has 112 valence electrons. The summed E-state index contributed by atoms with van der Waals surface area (Å²) in [6.07, 6.45) is 1.55. The first-order valence-corrected chi connectivity index (χ1v) is 9.47. The first-order valence-electron chi connectivity index (χ1n) is 6.58. The van der Waals surface area contributed by atoms with Crippen LogP contribution in [0.2, 0.25) is 0 Å². The van der Waals surface area contributed by atoms with Crippen molar-refractivity contribution in [2.45, 2.75) is 0 Å². The third-order valence-electron chi connectivity index (χ3n) is 3.28. The fourth-order valence-corrected chi connectivity index (χ4v) is 5.76. The molecular weight excluding hydrogens is 421 g/mol. The Morgan fingerprint density at radius 1 is 1.26 bits per heavy atom. The number of non-ortho nitro benzene ring substituents is 1. The summed E-state index contributed by atoms with van der Waals surface area (Å²) in [5.74, 6) is 0. The summed E-state index contributed by atoms with van der Waals surface area (Å²) in [6, 6.07) is 14.7. The van der Waals surface area contributed by atoms with Crippen LogP contribution in [0.3, 0.4) is 0 Å². The molecule has 0 amide bonds. The molecular formula is C16H9AsBrN3O2. The van der Waals surface area contributed by atoms with Crippen LogP contribution in [-0.4, -0.2) is 25.7 Å². The number of hydrogen-bond acceptors (Lipinski definition) is 4. The minimum absolute atomic E-state index is 0.0106. The molecule has 0 radical (unpaired) electrons. The van der Waals surface area contributed by atoms with E-state index in [0.29, 0.717) is 16.5 Å². The van der Waals surface area contributed by atoms with Crippen molar-refractivity contribution in [2.24, 2.45) is 0 Å². The molecule has 1 aromatic heterocycles. The second-order valence-electron chi connectivity index (χ2n) is 4.75. The molecule has 0 aliphatic carbocycles. The standard InChI is InChI=1S/C16H9AsBrN3O2/c18-12-3-1-2-11(6-12)17-16-10(8-19)9-20-15-5-4-13(21(22)23)7-14(15)16/h1-7,9,17H. The van der Waals surface area contributed by atoms with E-state index in [1.165, 1.54) is 12.1 Å². The van der Waals surface area contributed by atoms with Gasteiger partial charge in [0.1, 0.15) is 0 Å². The van der Waals surface area contributed by atoms with Crippen molar-refractivity contribution in [3.8, 4) is 6.07 Å². The Kier molecular flexibility index (Phi) is 4.42. The fraction of sp³-hybridized carbons (Fsp3) is 0. The topological polar surface area (TPSA) is 79.8 Å². The maximum absolute atomic E-state index is 11.0. The summed E-state index contributed by atoms with van der Waals surface area (Å²) >= 11 is 2.62. The van der Waals surface area contributed by atoms with Gasteiger partial charge < -0.3 is 0 Å². The summed E-state index contributed by atoms with van der Waals surface area (Å²) in [5, 5.41) is 21.1. The molecule has 0 fully saturated rings. The number of pyridine rings is 1. The first kappa shape index (κ1) is 15.7.